The lowest BCUT2D eigenvalue weighted by Gasteiger charge is -2.23. The van der Waals surface area contributed by atoms with Crippen molar-refractivity contribution in [3.8, 4) is 11.5 Å². The van der Waals surface area contributed by atoms with Crippen molar-refractivity contribution >= 4 is 69.1 Å². The van der Waals surface area contributed by atoms with Crippen molar-refractivity contribution in [1.82, 2.24) is 10.2 Å². The SMILES string of the molecule is CS(=O)(=O)N(Cc1ccc(-c2nnc(C(F)F)o2)cc1F)c1cccc(Br)c1.CS(=O)(=O)N(Cc1ccc(C(=O)CN)cc1F)c1cccc(Br)c1. The van der Waals surface area contributed by atoms with Gasteiger partial charge in [0, 0.05) is 31.2 Å². The predicted octanol–water partition coefficient (Wildman–Crippen LogP) is 7.24. The molecule has 0 fully saturated rings. The maximum absolute atomic E-state index is 14.6. The van der Waals surface area contributed by atoms with E-state index in [0.717, 1.165) is 33.3 Å². The van der Waals surface area contributed by atoms with Crippen LogP contribution in [0.3, 0.4) is 0 Å². The molecule has 0 aliphatic heterocycles. The van der Waals surface area contributed by atoms with Crippen molar-refractivity contribution in [2.45, 2.75) is 19.5 Å². The minimum absolute atomic E-state index is 0.0859. The van der Waals surface area contributed by atoms with Gasteiger partial charge in [-0.05, 0) is 54.6 Å². The normalized spacial score (nSPS) is 11.6. The summed E-state index contributed by atoms with van der Waals surface area (Å²) in [4.78, 5) is 11.5. The largest absolute Gasteiger partial charge is 0.415 e. The molecule has 1 aromatic heterocycles. The molecule has 4 aromatic carbocycles. The molecule has 0 aliphatic rings. The average molecular weight is 892 g/mol. The number of hydrogen-bond acceptors (Lipinski definition) is 9. The van der Waals surface area contributed by atoms with Gasteiger partial charge in [-0.2, -0.15) is 8.78 Å². The fraction of sp³-hybridized carbons (Fsp3) is 0.182. The van der Waals surface area contributed by atoms with Crippen molar-refractivity contribution in [3.63, 3.8) is 0 Å². The summed E-state index contributed by atoms with van der Waals surface area (Å²) in [5.74, 6) is -2.90. The summed E-state index contributed by atoms with van der Waals surface area (Å²) in [6.07, 6.45) is -0.860. The lowest BCUT2D eigenvalue weighted by Crippen LogP contribution is -2.29. The molecule has 5 rings (SSSR count). The summed E-state index contributed by atoms with van der Waals surface area (Å²) >= 11 is 6.56. The van der Waals surface area contributed by atoms with E-state index < -0.39 is 44.0 Å². The molecule has 2 N–H and O–H groups in total. The van der Waals surface area contributed by atoms with Crippen LogP contribution in [0.5, 0.6) is 0 Å². The monoisotopic (exact) mass is 889 g/mol. The molecule has 0 saturated carbocycles. The maximum Gasteiger partial charge on any atom is 0.314 e. The Morgan fingerprint density at radius 1 is 0.769 bits per heavy atom. The lowest BCUT2D eigenvalue weighted by atomic mass is 10.1. The molecule has 1 heterocycles. The van der Waals surface area contributed by atoms with Gasteiger partial charge < -0.3 is 10.2 Å². The van der Waals surface area contributed by atoms with Gasteiger partial charge >= 0.3 is 6.43 Å². The van der Waals surface area contributed by atoms with Gasteiger partial charge in [-0.3, -0.25) is 13.4 Å². The van der Waals surface area contributed by atoms with Gasteiger partial charge in [-0.25, -0.2) is 25.6 Å². The Labute approximate surface area is 313 Å². The number of carbonyl (C=O) groups is 1. The molecule has 0 radical (unpaired) electrons. The Hall–Kier alpha value is -4.17. The second kappa shape index (κ2) is 17.1. The smallest absolute Gasteiger partial charge is 0.314 e. The molecular weight excluding hydrogens is 862 g/mol. The minimum atomic E-state index is -3.70. The highest BCUT2D eigenvalue weighted by molar-refractivity contribution is 9.10. The van der Waals surface area contributed by atoms with Crippen molar-refractivity contribution in [2.75, 3.05) is 27.7 Å². The average Bonchev–Trinajstić information content (AvgIpc) is 3.57. The first kappa shape index (κ1) is 40.6. The Bertz CT molecular complexity index is 2300. The molecule has 19 heteroatoms. The van der Waals surface area contributed by atoms with Gasteiger partial charge in [0.1, 0.15) is 11.6 Å². The Balaban J connectivity index is 0.000000236. The molecule has 11 nitrogen and oxygen atoms in total. The quantitative estimate of drug-likeness (QED) is 0.101. The number of hydrogen-bond donors (Lipinski definition) is 1. The van der Waals surface area contributed by atoms with Gasteiger partial charge in [0.05, 0.1) is 43.5 Å². The van der Waals surface area contributed by atoms with Crippen LogP contribution in [0.25, 0.3) is 11.5 Å². The lowest BCUT2D eigenvalue weighted by molar-refractivity contribution is 0.100. The summed E-state index contributed by atoms with van der Waals surface area (Å²) in [7, 11) is -7.32. The van der Waals surface area contributed by atoms with Crippen LogP contribution in [-0.2, 0) is 33.1 Å². The van der Waals surface area contributed by atoms with E-state index in [2.05, 4.69) is 42.1 Å². The summed E-state index contributed by atoms with van der Waals surface area (Å²) in [5.41, 5.74) is 6.54. The van der Waals surface area contributed by atoms with Crippen molar-refractivity contribution in [2.24, 2.45) is 5.73 Å². The number of carbonyl (C=O) groups excluding carboxylic acids is 1. The van der Waals surface area contributed by atoms with Crippen molar-refractivity contribution < 1.29 is 43.6 Å². The van der Waals surface area contributed by atoms with Crippen LogP contribution in [0.1, 0.15) is 33.8 Å². The van der Waals surface area contributed by atoms with Gasteiger partial charge in [0.15, 0.2) is 5.78 Å². The third-order valence-electron chi connectivity index (χ3n) is 7.11. The summed E-state index contributed by atoms with van der Waals surface area (Å²) in [6.45, 7) is -0.655. The predicted molar refractivity (Wildman–Crippen MR) is 195 cm³/mol. The highest BCUT2D eigenvalue weighted by Gasteiger charge is 2.23. The van der Waals surface area contributed by atoms with E-state index >= 15 is 0 Å². The van der Waals surface area contributed by atoms with Crippen LogP contribution in [0, 0.1) is 11.6 Å². The summed E-state index contributed by atoms with van der Waals surface area (Å²) in [6, 6.07) is 20.9. The topological polar surface area (TPSA) is 157 Å². The van der Waals surface area contributed by atoms with E-state index in [-0.39, 0.29) is 53.6 Å². The van der Waals surface area contributed by atoms with E-state index in [0.29, 0.717) is 20.3 Å². The molecular formula is C33H29Br2F4N5O6S2. The van der Waals surface area contributed by atoms with E-state index in [1.165, 1.54) is 24.3 Å². The molecule has 52 heavy (non-hydrogen) atoms. The van der Waals surface area contributed by atoms with Crippen LogP contribution < -0.4 is 14.3 Å². The van der Waals surface area contributed by atoms with E-state index in [9.17, 15) is 39.2 Å². The molecule has 0 atom stereocenters. The van der Waals surface area contributed by atoms with Gasteiger partial charge in [-0.1, -0.05) is 62.2 Å². The molecule has 0 amide bonds. The molecule has 0 spiro atoms. The van der Waals surface area contributed by atoms with Crippen LogP contribution in [-0.4, -0.2) is 51.9 Å². The van der Waals surface area contributed by atoms with Gasteiger partial charge in [-0.15, -0.1) is 10.2 Å². The van der Waals surface area contributed by atoms with Crippen LogP contribution in [0.2, 0.25) is 0 Å². The number of halogens is 6. The van der Waals surface area contributed by atoms with Crippen LogP contribution >= 0.6 is 31.9 Å². The van der Waals surface area contributed by atoms with Crippen LogP contribution in [0.15, 0.2) is 98.3 Å². The molecule has 5 aromatic rings. The Morgan fingerprint density at radius 2 is 1.27 bits per heavy atom. The highest BCUT2D eigenvalue weighted by atomic mass is 79.9. The number of nitrogens with two attached hydrogens (primary N) is 1. The molecule has 0 aliphatic carbocycles. The summed E-state index contributed by atoms with van der Waals surface area (Å²) in [5, 5.41) is 6.65. The standard InChI is InChI=1S/C17H13BrF3N3O3S.C16H16BrFN2O3S/c1-28(25,26)24(13-4-2-3-12(18)8-13)9-11-6-5-10(7-14(11)19)16-22-23-17(27-16)15(20)21;1-24(22,23)20(14-4-2-3-13(17)8-14)10-12-6-5-11(7-15(12)18)16(21)9-19/h2-8,15H,9H2,1H3;2-8H,9-10,19H2,1H3. The Morgan fingerprint density at radius 3 is 1.67 bits per heavy atom. The number of benzene rings is 4. The van der Waals surface area contributed by atoms with Crippen molar-refractivity contribution in [1.29, 1.82) is 0 Å². The summed E-state index contributed by atoms with van der Waals surface area (Å²) < 4.78 is 111. The number of ketones is 1. The fourth-order valence-electron chi connectivity index (χ4n) is 4.59. The highest BCUT2D eigenvalue weighted by Crippen LogP contribution is 2.29. The van der Waals surface area contributed by atoms with E-state index in [1.807, 2.05) is 0 Å². The number of nitrogens with zero attached hydrogens (tertiary/aromatic N) is 4. The zero-order chi connectivity index (χ0) is 38.4. The van der Waals surface area contributed by atoms with Gasteiger partial charge in [0.25, 0.3) is 5.89 Å². The third-order valence-corrected chi connectivity index (χ3v) is 10.4. The molecule has 0 unspecified atom stereocenters. The van der Waals surface area contributed by atoms with Crippen LogP contribution in [0.4, 0.5) is 28.9 Å². The van der Waals surface area contributed by atoms with Crippen molar-refractivity contribution in [3.05, 3.63) is 128 Å². The van der Waals surface area contributed by atoms with E-state index in [1.54, 1.807) is 48.5 Å². The minimum Gasteiger partial charge on any atom is -0.415 e. The van der Waals surface area contributed by atoms with Gasteiger partial charge in [0.2, 0.25) is 25.9 Å². The number of aromatic nitrogens is 2. The first-order valence-corrected chi connectivity index (χ1v) is 20.0. The second-order valence-corrected chi connectivity index (χ2v) is 16.6. The fourth-order valence-corrected chi connectivity index (χ4v) is 7.10. The number of anilines is 2. The molecule has 0 saturated heterocycles. The zero-order valence-electron chi connectivity index (χ0n) is 27.2. The Kier molecular flexibility index (Phi) is 13.4. The third kappa shape index (κ3) is 10.7. The number of alkyl halides is 2. The first-order valence-electron chi connectivity index (χ1n) is 14.8. The number of sulfonamides is 2. The van der Waals surface area contributed by atoms with E-state index in [4.69, 9.17) is 10.2 Å². The maximum atomic E-state index is 14.6. The second-order valence-electron chi connectivity index (χ2n) is 11.0. The number of rotatable bonds is 12. The molecule has 276 valence electrons. The first-order chi connectivity index (χ1) is 24.4. The number of Topliss-reactive ketones (excluding diaryl/α,β-unsaturated/α-hetero) is 1. The molecule has 0 bridgehead atoms. The zero-order valence-corrected chi connectivity index (χ0v) is 32.0.